The molecule has 0 saturated heterocycles. The smallest absolute Gasteiger partial charge is 0.255 e. The van der Waals surface area contributed by atoms with Gasteiger partial charge in [0.25, 0.3) is 5.91 Å². The Morgan fingerprint density at radius 2 is 1.63 bits per heavy atom. The molecular formula is C30H34N6O2. The zero-order valence-corrected chi connectivity index (χ0v) is 22.0. The standard InChI is InChI=1S/C30H34N6O2/c1-18-6-4-7-19(2)26(18)34-29-27(21-9-13-23(14-10-21)32-20(3)37)35-28-25(8-5-17-36(28)29)30(38)33-24-15-11-22(31)12-16-24/h4-10,13-14,17,22,24,34H,11-12,15-16,31H2,1-3H3,(H,32,37)(H,33,38). The minimum atomic E-state index is -0.132. The van der Waals surface area contributed by atoms with Crippen molar-refractivity contribution in [1.29, 1.82) is 0 Å². The summed E-state index contributed by atoms with van der Waals surface area (Å²) in [6, 6.07) is 17.7. The molecule has 2 aromatic carbocycles. The highest BCUT2D eigenvalue weighted by Gasteiger charge is 2.24. The van der Waals surface area contributed by atoms with Gasteiger partial charge < -0.3 is 21.7 Å². The van der Waals surface area contributed by atoms with Gasteiger partial charge in [0.2, 0.25) is 5.91 Å². The molecule has 4 aromatic rings. The Morgan fingerprint density at radius 3 is 2.29 bits per heavy atom. The maximum atomic E-state index is 13.4. The van der Waals surface area contributed by atoms with Gasteiger partial charge in [0.1, 0.15) is 11.5 Å². The Kier molecular flexibility index (Phi) is 7.15. The lowest BCUT2D eigenvalue weighted by atomic mass is 9.91. The van der Waals surface area contributed by atoms with Crippen molar-refractivity contribution in [3.8, 4) is 11.3 Å². The van der Waals surface area contributed by atoms with Crippen molar-refractivity contribution in [3.63, 3.8) is 0 Å². The minimum absolute atomic E-state index is 0.116. The molecule has 0 spiro atoms. The van der Waals surface area contributed by atoms with Crippen LogP contribution in [0.2, 0.25) is 0 Å². The predicted octanol–water partition coefficient (Wildman–Crippen LogP) is 5.32. The van der Waals surface area contributed by atoms with Crippen LogP contribution >= 0.6 is 0 Å². The van der Waals surface area contributed by atoms with Crippen LogP contribution < -0.4 is 21.7 Å². The summed E-state index contributed by atoms with van der Waals surface area (Å²) >= 11 is 0. The number of anilines is 3. The molecule has 5 N–H and O–H groups in total. The molecule has 0 unspecified atom stereocenters. The Balaban J connectivity index is 1.58. The van der Waals surface area contributed by atoms with E-state index in [1.165, 1.54) is 6.92 Å². The zero-order chi connectivity index (χ0) is 26.8. The molecular weight excluding hydrogens is 476 g/mol. The van der Waals surface area contributed by atoms with Gasteiger partial charge >= 0.3 is 0 Å². The molecule has 8 nitrogen and oxygen atoms in total. The number of benzene rings is 2. The number of carbonyl (C=O) groups is 2. The Labute approximate surface area is 222 Å². The number of amides is 2. The number of fused-ring (bicyclic) bond motifs is 1. The van der Waals surface area contributed by atoms with Gasteiger partial charge in [-0.05, 0) is 74.9 Å². The van der Waals surface area contributed by atoms with Crippen molar-refractivity contribution < 1.29 is 9.59 Å². The van der Waals surface area contributed by atoms with Crippen molar-refractivity contribution in [3.05, 3.63) is 77.5 Å². The van der Waals surface area contributed by atoms with E-state index in [1.807, 2.05) is 53.1 Å². The highest BCUT2D eigenvalue weighted by Crippen LogP contribution is 2.34. The summed E-state index contributed by atoms with van der Waals surface area (Å²) in [4.78, 5) is 29.9. The van der Waals surface area contributed by atoms with Gasteiger partial charge in [0.05, 0.1) is 5.56 Å². The minimum Gasteiger partial charge on any atom is -0.349 e. The molecule has 0 bridgehead atoms. The van der Waals surface area contributed by atoms with E-state index in [1.54, 1.807) is 0 Å². The van der Waals surface area contributed by atoms with Crippen LogP contribution in [-0.2, 0) is 4.79 Å². The van der Waals surface area contributed by atoms with E-state index in [9.17, 15) is 9.59 Å². The normalized spacial score (nSPS) is 17.3. The molecule has 1 fully saturated rings. The molecule has 2 amide bonds. The lowest BCUT2D eigenvalue weighted by Gasteiger charge is -2.26. The lowest BCUT2D eigenvalue weighted by Crippen LogP contribution is -2.40. The summed E-state index contributed by atoms with van der Waals surface area (Å²) in [6.45, 7) is 5.61. The molecule has 196 valence electrons. The zero-order valence-electron chi connectivity index (χ0n) is 22.0. The fraction of sp³-hybridized carbons (Fsp3) is 0.300. The molecule has 1 aliphatic rings. The summed E-state index contributed by atoms with van der Waals surface area (Å²) < 4.78 is 1.94. The van der Waals surface area contributed by atoms with Gasteiger partial charge in [-0.15, -0.1) is 0 Å². The monoisotopic (exact) mass is 510 g/mol. The topological polar surface area (TPSA) is 114 Å². The second-order valence-electron chi connectivity index (χ2n) is 10.2. The highest BCUT2D eigenvalue weighted by molar-refractivity contribution is 6.01. The largest absolute Gasteiger partial charge is 0.349 e. The van der Waals surface area contributed by atoms with Crippen molar-refractivity contribution in [2.24, 2.45) is 5.73 Å². The predicted molar refractivity (Wildman–Crippen MR) is 152 cm³/mol. The van der Waals surface area contributed by atoms with Gasteiger partial charge in [-0.3, -0.25) is 14.0 Å². The number of nitrogens with one attached hydrogen (secondary N) is 3. The molecule has 5 rings (SSSR count). The van der Waals surface area contributed by atoms with Crippen LogP contribution in [0.15, 0.2) is 60.8 Å². The summed E-state index contributed by atoms with van der Waals surface area (Å²) in [5.41, 5.74) is 12.7. The average molecular weight is 511 g/mol. The first-order valence-electron chi connectivity index (χ1n) is 13.1. The first-order chi connectivity index (χ1) is 18.3. The van der Waals surface area contributed by atoms with E-state index in [0.717, 1.165) is 53.9 Å². The van der Waals surface area contributed by atoms with Crippen LogP contribution in [-0.4, -0.2) is 33.3 Å². The Bertz CT molecular complexity index is 1460. The van der Waals surface area contributed by atoms with E-state index in [0.29, 0.717) is 22.6 Å². The molecule has 38 heavy (non-hydrogen) atoms. The van der Waals surface area contributed by atoms with Crippen molar-refractivity contribution in [1.82, 2.24) is 14.7 Å². The summed E-state index contributed by atoms with van der Waals surface area (Å²) in [5, 5.41) is 9.62. The van der Waals surface area contributed by atoms with Gasteiger partial charge in [0, 0.05) is 42.1 Å². The highest BCUT2D eigenvalue weighted by atomic mass is 16.2. The summed E-state index contributed by atoms with van der Waals surface area (Å²) in [7, 11) is 0. The third-order valence-electron chi connectivity index (χ3n) is 7.20. The number of hydrogen-bond acceptors (Lipinski definition) is 5. The van der Waals surface area contributed by atoms with Gasteiger partial charge in [0.15, 0.2) is 5.65 Å². The fourth-order valence-electron chi connectivity index (χ4n) is 5.14. The number of rotatable bonds is 6. The number of pyridine rings is 1. The summed E-state index contributed by atoms with van der Waals surface area (Å²) in [5.74, 6) is 0.508. The molecule has 0 atom stereocenters. The first kappa shape index (κ1) is 25.5. The molecule has 8 heteroatoms. The second kappa shape index (κ2) is 10.7. The number of hydrogen-bond donors (Lipinski definition) is 4. The third-order valence-corrected chi connectivity index (χ3v) is 7.20. The Morgan fingerprint density at radius 1 is 0.947 bits per heavy atom. The van der Waals surface area contributed by atoms with E-state index < -0.39 is 0 Å². The third kappa shape index (κ3) is 5.26. The van der Waals surface area contributed by atoms with Gasteiger partial charge in [-0.1, -0.05) is 30.3 Å². The molecule has 2 heterocycles. The Hall–Kier alpha value is -4.17. The quantitative estimate of drug-likeness (QED) is 0.280. The maximum absolute atomic E-state index is 13.4. The SMILES string of the molecule is CC(=O)Nc1ccc(-c2nc3c(C(=O)NC4CCC(N)CC4)cccn3c2Nc2c(C)cccc2C)cc1. The first-order valence-corrected chi connectivity index (χ1v) is 13.1. The number of nitrogens with two attached hydrogens (primary N) is 1. The molecule has 2 aromatic heterocycles. The average Bonchev–Trinajstić information content (AvgIpc) is 3.26. The van der Waals surface area contributed by atoms with E-state index in [2.05, 4.69) is 41.9 Å². The van der Waals surface area contributed by atoms with Crippen LogP contribution in [0.25, 0.3) is 16.9 Å². The second-order valence-corrected chi connectivity index (χ2v) is 10.2. The lowest BCUT2D eigenvalue weighted by molar-refractivity contribution is -0.114. The number of para-hydroxylation sites is 1. The summed E-state index contributed by atoms with van der Waals surface area (Å²) in [6.07, 6.45) is 5.53. The van der Waals surface area contributed by atoms with Gasteiger partial charge in [-0.25, -0.2) is 4.98 Å². The number of aromatic nitrogens is 2. The van der Waals surface area contributed by atoms with Crippen molar-refractivity contribution >= 4 is 34.7 Å². The van der Waals surface area contributed by atoms with Crippen LogP contribution in [0.5, 0.6) is 0 Å². The van der Waals surface area contributed by atoms with Crippen LogP contribution in [0, 0.1) is 13.8 Å². The molecule has 1 saturated carbocycles. The molecule has 0 aliphatic heterocycles. The number of imidazole rings is 1. The molecule has 0 radical (unpaired) electrons. The van der Waals surface area contributed by atoms with E-state index >= 15 is 0 Å². The fourth-order valence-corrected chi connectivity index (χ4v) is 5.14. The van der Waals surface area contributed by atoms with Gasteiger partial charge in [-0.2, -0.15) is 0 Å². The van der Waals surface area contributed by atoms with Crippen molar-refractivity contribution in [2.75, 3.05) is 10.6 Å². The van der Waals surface area contributed by atoms with Crippen LogP contribution in [0.3, 0.4) is 0 Å². The van der Waals surface area contributed by atoms with Crippen LogP contribution in [0.4, 0.5) is 17.2 Å². The van der Waals surface area contributed by atoms with E-state index in [-0.39, 0.29) is 23.9 Å². The maximum Gasteiger partial charge on any atom is 0.255 e. The number of aryl methyl sites for hydroxylation is 2. The van der Waals surface area contributed by atoms with Crippen LogP contribution in [0.1, 0.15) is 54.1 Å². The van der Waals surface area contributed by atoms with Crippen molar-refractivity contribution in [2.45, 2.75) is 58.5 Å². The molecule has 1 aliphatic carbocycles. The number of nitrogens with zero attached hydrogens (tertiary/aromatic N) is 2. The number of carbonyl (C=O) groups excluding carboxylic acids is 2. The van der Waals surface area contributed by atoms with E-state index in [4.69, 9.17) is 10.7 Å².